The van der Waals surface area contributed by atoms with E-state index in [1.807, 2.05) is 0 Å². The number of Topliss-reactive ketones (excluding diaryl/α,β-unsaturated/α-hetero) is 1. The van der Waals surface area contributed by atoms with E-state index >= 15 is 0 Å². The molecule has 0 bridgehead atoms. The first-order valence-electron chi connectivity index (χ1n) is 15.3. The maximum atomic E-state index is 13.0. The first-order chi connectivity index (χ1) is 16.5. The average molecular weight is 484 g/mol. The van der Waals surface area contributed by atoms with Gasteiger partial charge in [-0.1, -0.05) is 41.5 Å². The lowest BCUT2D eigenvalue weighted by molar-refractivity contribution is -0.233. The molecule has 5 aliphatic carbocycles. The van der Waals surface area contributed by atoms with Gasteiger partial charge in [0.25, 0.3) is 0 Å². The van der Waals surface area contributed by atoms with Crippen molar-refractivity contribution in [2.24, 2.45) is 56.7 Å². The summed E-state index contributed by atoms with van der Waals surface area (Å²) in [5.74, 6) is 4.55. The molecule has 2 unspecified atom stereocenters. The maximum absolute atomic E-state index is 13.0. The van der Waals surface area contributed by atoms with Gasteiger partial charge in [-0.3, -0.25) is 9.69 Å². The van der Waals surface area contributed by atoms with E-state index in [1.165, 1.54) is 57.9 Å². The van der Waals surface area contributed by atoms with Crippen LogP contribution < -0.4 is 0 Å². The summed E-state index contributed by atoms with van der Waals surface area (Å²) >= 11 is 0. The minimum atomic E-state index is -0.133. The van der Waals surface area contributed by atoms with Gasteiger partial charge in [0.2, 0.25) is 0 Å². The number of hydrogen-bond donors (Lipinski definition) is 0. The summed E-state index contributed by atoms with van der Waals surface area (Å²) in [7, 11) is 0. The number of carbonyl (C=O) groups is 1. The van der Waals surface area contributed by atoms with Crippen molar-refractivity contribution in [3.63, 3.8) is 0 Å². The van der Waals surface area contributed by atoms with Gasteiger partial charge < -0.3 is 4.74 Å². The second-order valence-electron chi connectivity index (χ2n) is 15.7. The highest BCUT2D eigenvalue weighted by atomic mass is 16.5. The van der Waals surface area contributed by atoms with Crippen LogP contribution in [0.25, 0.3) is 0 Å². The average Bonchev–Trinajstić information content (AvgIpc) is 3.14. The summed E-state index contributed by atoms with van der Waals surface area (Å²) in [6, 6.07) is 0. The zero-order valence-corrected chi connectivity index (χ0v) is 23.8. The number of hydrogen-bond acceptors (Lipinski definition) is 3. The van der Waals surface area contributed by atoms with Crippen LogP contribution in [0.3, 0.4) is 0 Å². The highest BCUT2D eigenvalue weighted by Gasteiger charge is 2.70. The molecule has 9 atom stereocenters. The number of carbonyl (C=O) groups excluding carboxylic acids is 1. The van der Waals surface area contributed by atoms with Crippen LogP contribution in [0.15, 0.2) is 0 Å². The van der Waals surface area contributed by atoms with Gasteiger partial charge in [-0.25, -0.2) is 0 Å². The summed E-state index contributed by atoms with van der Waals surface area (Å²) in [5.41, 5.74) is 1.64. The number of nitrogens with zero attached hydrogens (tertiary/aromatic N) is 1. The largest absolute Gasteiger partial charge is 0.379 e. The topological polar surface area (TPSA) is 29.5 Å². The molecule has 0 N–H and O–H groups in total. The summed E-state index contributed by atoms with van der Waals surface area (Å²) in [5, 5.41) is 0. The molecule has 35 heavy (non-hydrogen) atoms. The Balaban J connectivity index is 1.32. The van der Waals surface area contributed by atoms with Crippen LogP contribution in [-0.4, -0.2) is 43.5 Å². The summed E-state index contributed by atoms with van der Waals surface area (Å²) in [6.07, 6.45) is 13.2. The highest BCUT2D eigenvalue weighted by Crippen LogP contribution is 2.77. The van der Waals surface area contributed by atoms with Crippen LogP contribution in [0.5, 0.6) is 0 Å². The first-order valence-corrected chi connectivity index (χ1v) is 15.3. The molecule has 0 aromatic rings. The lowest BCUT2D eigenvalue weighted by Crippen LogP contribution is -2.66. The number of rotatable bonds is 2. The fraction of sp³-hybridized carbons (Fsp3) is 0.969. The fourth-order valence-corrected chi connectivity index (χ4v) is 12.2. The van der Waals surface area contributed by atoms with Crippen molar-refractivity contribution >= 4 is 5.78 Å². The van der Waals surface area contributed by atoms with E-state index < -0.39 is 0 Å². The molecular formula is C32H53NO2. The Labute approximate surface area is 215 Å². The van der Waals surface area contributed by atoms with Gasteiger partial charge in [0, 0.05) is 31.5 Å². The molecular weight excluding hydrogens is 430 g/mol. The second-order valence-corrected chi connectivity index (χ2v) is 15.7. The van der Waals surface area contributed by atoms with Crippen LogP contribution in [0, 0.1) is 56.7 Å². The molecule has 1 saturated heterocycles. The Bertz CT molecular complexity index is 862. The minimum Gasteiger partial charge on any atom is -0.379 e. The Morgan fingerprint density at radius 1 is 0.800 bits per heavy atom. The molecule has 1 heterocycles. The van der Waals surface area contributed by atoms with E-state index in [2.05, 4.69) is 46.4 Å². The quantitative estimate of drug-likeness (QED) is 0.424. The van der Waals surface area contributed by atoms with Crippen molar-refractivity contribution in [2.45, 2.75) is 106 Å². The van der Waals surface area contributed by atoms with Crippen LogP contribution >= 0.6 is 0 Å². The molecule has 6 aliphatic rings. The summed E-state index contributed by atoms with van der Waals surface area (Å²) in [6.45, 7) is 20.8. The van der Waals surface area contributed by atoms with Crippen molar-refractivity contribution in [3.05, 3.63) is 0 Å². The molecule has 0 spiro atoms. The van der Waals surface area contributed by atoms with Gasteiger partial charge in [0.05, 0.1) is 13.2 Å². The predicted molar refractivity (Wildman–Crippen MR) is 142 cm³/mol. The molecule has 6 fully saturated rings. The number of fused-ring (bicyclic) bond motifs is 7. The minimum absolute atomic E-state index is 0.133. The molecule has 3 heteroatoms. The van der Waals surface area contributed by atoms with Crippen molar-refractivity contribution in [1.82, 2.24) is 4.90 Å². The SMILES string of the molecule is CC1(C)C(=O)CCC2(C)C3CC[C@@H]4[C@H]5[C@H](CN6CCOCC6)CC[C@]5(C)CC[C@@]4(C)[C@]3(C)CC[C@@H]12. The standard InChI is InChI=1S/C32H53NO2/c1-28(2)24-10-14-32(6)25(30(24,4)13-11-26(28)34)8-7-23-27-22(21-33-17-19-35-20-18-33)9-12-29(27,3)15-16-31(23,32)5/h22-25,27H,7-21H2,1-6H3/t22-,23+,24-,25?,27+,29+,30?,31+,32+/m0/s1. The van der Waals surface area contributed by atoms with Gasteiger partial charge >= 0.3 is 0 Å². The molecule has 0 aromatic carbocycles. The smallest absolute Gasteiger partial charge is 0.138 e. The fourth-order valence-electron chi connectivity index (χ4n) is 12.2. The van der Waals surface area contributed by atoms with Gasteiger partial charge in [0.1, 0.15) is 5.78 Å². The van der Waals surface area contributed by atoms with Crippen LogP contribution in [0.2, 0.25) is 0 Å². The third kappa shape index (κ3) is 3.31. The lowest BCUT2D eigenvalue weighted by atomic mass is 9.32. The second kappa shape index (κ2) is 8.05. The zero-order valence-electron chi connectivity index (χ0n) is 23.8. The van der Waals surface area contributed by atoms with E-state index in [4.69, 9.17) is 4.74 Å². The lowest BCUT2D eigenvalue weighted by Gasteiger charge is -2.72. The molecule has 5 saturated carbocycles. The molecule has 6 rings (SSSR count). The van der Waals surface area contributed by atoms with E-state index in [0.29, 0.717) is 33.4 Å². The molecule has 198 valence electrons. The Morgan fingerprint density at radius 2 is 1.54 bits per heavy atom. The Hall–Kier alpha value is -0.410. The molecule has 1 aliphatic heterocycles. The monoisotopic (exact) mass is 483 g/mol. The Morgan fingerprint density at radius 3 is 2.29 bits per heavy atom. The molecule has 0 amide bonds. The number of morpholine rings is 1. The first kappa shape index (κ1) is 24.9. The van der Waals surface area contributed by atoms with Crippen molar-refractivity contribution < 1.29 is 9.53 Å². The van der Waals surface area contributed by atoms with E-state index in [-0.39, 0.29) is 5.41 Å². The normalized spacial score (nSPS) is 53.9. The van der Waals surface area contributed by atoms with Gasteiger partial charge in [-0.05, 0) is 109 Å². The van der Waals surface area contributed by atoms with Gasteiger partial charge in [-0.15, -0.1) is 0 Å². The number of ether oxygens (including phenoxy) is 1. The van der Waals surface area contributed by atoms with Gasteiger partial charge in [0.15, 0.2) is 0 Å². The maximum Gasteiger partial charge on any atom is 0.138 e. The van der Waals surface area contributed by atoms with Gasteiger partial charge in [-0.2, -0.15) is 0 Å². The summed E-state index contributed by atoms with van der Waals surface area (Å²) < 4.78 is 5.68. The van der Waals surface area contributed by atoms with E-state index in [1.54, 1.807) is 0 Å². The molecule has 0 radical (unpaired) electrons. The van der Waals surface area contributed by atoms with E-state index in [9.17, 15) is 4.79 Å². The number of ketones is 1. The van der Waals surface area contributed by atoms with E-state index in [0.717, 1.165) is 62.8 Å². The zero-order chi connectivity index (χ0) is 24.9. The Kier molecular flexibility index (Phi) is 5.72. The summed E-state index contributed by atoms with van der Waals surface area (Å²) in [4.78, 5) is 15.7. The predicted octanol–water partition coefficient (Wildman–Crippen LogP) is 6.99. The van der Waals surface area contributed by atoms with Crippen molar-refractivity contribution in [2.75, 3.05) is 32.8 Å². The third-order valence-corrected chi connectivity index (χ3v) is 14.3. The highest BCUT2D eigenvalue weighted by molar-refractivity contribution is 5.85. The third-order valence-electron chi connectivity index (χ3n) is 14.3. The van der Waals surface area contributed by atoms with Crippen LogP contribution in [0.4, 0.5) is 0 Å². The van der Waals surface area contributed by atoms with Crippen LogP contribution in [-0.2, 0) is 9.53 Å². The van der Waals surface area contributed by atoms with Crippen LogP contribution in [0.1, 0.15) is 106 Å². The van der Waals surface area contributed by atoms with Crippen molar-refractivity contribution in [3.8, 4) is 0 Å². The van der Waals surface area contributed by atoms with Crippen molar-refractivity contribution in [1.29, 1.82) is 0 Å². The molecule has 0 aromatic heterocycles. The molecule has 3 nitrogen and oxygen atoms in total.